The lowest BCUT2D eigenvalue weighted by Gasteiger charge is -2.38. The van der Waals surface area contributed by atoms with Crippen LogP contribution in [0, 0.1) is 5.92 Å². The molecule has 112 valence electrons. The van der Waals surface area contributed by atoms with Gasteiger partial charge in [0.25, 0.3) is 0 Å². The van der Waals surface area contributed by atoms with Gasteiger partial charge in [-0.15, -0.1) is 0 Å². The summed E-state index contributed by atoms with van der Waals surface area (Å²) in [5.41, 5.74) is 0.733. The van der Waals surface area contributed by atoms with Crippen LogP contribution in [0.1, 0.15) is 44.8 Å². The van der Waals surface area contributed by atoms with Crippen molar-refractivity contribution in [3.05, 3.63) is 33.8 Å². The second kappa shape index (κ2) is 7.13. The van der Waals surface area contributed by atoms with Crippen molar-refractivity contribution in [3.63, 3.8) is 0 Å². The van der Waals surface area contributed by atoms with E-state index in [2.05, 4.69) is 18.7 Å². The number of aliphatic hydroxyl groups excluding tert-OH is 1. The van der Waals surface area contributed by atoms with Crippen molar-refractivity contribution >= 4 is 23.2 Å². The fraction of sp³-hybridized carbons (Fsp3) is 0.625. The van der Waals surface area contributed by atoms with Gasteiger partial charge < -0.3 is 10.0 Å². The second-order valence-corrected chi connectivity index (χ2v) is 6.63. The number of nitrogens with zero attached hydrogens (tertiary/aromatic N) is 1. The molecule has 4 heteroatoms. The summed E-state index contributed by atoms with van der Waals surface area (Å²) in [7, 11) is 0. The number of aliphatic hydroxyl groups is 1. The van der Waals surface area contributed by atoms with Gasteiger partial charge in [-0.2, -0.15) is 0 Å². The number of piperidine rings is 1. The Balaban J connectivity index is 1.95. The van der Waals surface area contributed by atoms with Gasteiger partial charge in [-0.1, -0.05) is 42.3 Å². The highest BCUT2D eigenvalue weighted by Crippen LogP contribution is 2.32. The van der Waals surface area contributed by atoms with Crippen LogP contribution in [-0.2, 0) is 0 Å². The molecule has 1 aromatic rings. The van der Waals surface area contributed by atoms with E-state index in [-0.39, 0.29) is 0 Å². The Morgan fingerprint density at radius 1 is 1.35 bits per heavy atom. The van der Waals surface area contributed by atoms with Crippen LogP contribution in [0.25, 0.3) is 0 Å². The molecule has 1 aromatic carbocycles. The summed E-state index contributed by atoms with van der Waals surface area (Å²) in [6.07, 6.45) is 2.70. The van der Waals surface area contributed by atoms with Crippen molar-refractivity contribution in [3.8, 4) is 0 Å². The molecule has 0 aromatic heterocycles. The minimum atomic E-state index is -0.550. The van der Waals surface area contributed by atoms with E-state index in [0.29, 0.717) is 22.5 Å². The Bertz CT molecular complexity index is 452. The van der Waals surface area contributed by atoms with E-state index >= 15 is 0 Å². The molecule has 1 aliphatic heterocycles. The highest BCUT2D eigenvalue weighted by atomic mass is 35.5. The molecule has 2 nitrogen and oxygen atoms in total. The van der Waals surface area contributed by atoms with Crippen molar-refractivity contribution in [1.82, 2.24) is 4.90 Å². The standard InChI is InChI=1S/C16H23Cl2NO/c1-11-5-4-9-19(12(11)2)10-8-15(20)13-6-3-7-14(17)16(13)18/h3,6-7,11-12,15,20H,4-5,8-10H2,1-2H3. The lowest BCUT2D eigenvalue weighted by atomic mass is 9.91. The summed E-state index contributed by atoms with van der Waals surface area (Å²) in [4.78, 5) is 2.47. The first-order valence-electron chi connectivity index (χ1n) is 7.36. The van der Waals surface area contributed by atoms with Crippen LogP contribution >= 0.6 is 23.2 Å². The molecule has 0 spiro atoms. The van der Waals surface area contributed by atoms with Crippen molar-refractivity contribution in [2.24, 2.45) is 5.92 Å². The third-order valence-electron chi connectivity index (χ3n) is 4.53. The molecule has 0 saturated carbocycles. The molecule has 1 aliphatic rings. The minimum Gasteiger partial charge on any atom is -0.388 e. The maximum absolute atomic E-state index is 10.3. The summed E-state index contributed by atoms with van der Waals surface area (Å²) in [6.45, 7) is 6.61. The molecule has 0 radical (unpaired) electrons. The predicted octanol–water partition coefficient (Wildman–Crippen LogP) is 4.54. The van der Waals surface area contributed by atoms with Crippen LogP contribution in [0.2, 0.25) is 10.0 Å². The maximum Gasteiger partial charge on any atom is 0.0817 e. The Labute approximate surface area is 131 Å². The Hall–Kier alpha value is -0.280. The average molecular weight is 316 g/mol. The first kappa shape index (κ1) is 16.1. The average Bonchev–Trinajstić information content (AvgIpc) is 2.43. The first-order chi connectivity index (χ1) is 9.50. The third-order valence-corrected chi connectivity index (χ3v) is 5.37. The molecule has 1 heterocycles. The molecule has 1 N–H and O–H groups in total. The Morgan fingerprint density at radius 3 is 2.85 bits per heavy atom. The summed E-state index contributed by atoms with van der Waals surface area (Å²) in [5, 5.41) is 11.3. The van der Waals surface area contributed by atoms with E-state index in [0.717, 1.165) is 24.6 Å². The molecule has 1 fully saturated rings. The fourth-order valence-electron chi connectivity index (χ4n) is 2.96. The lowest BCUT2D eigenvalue weighted by Crippen LogP contribution is -2.43. The molecule has 1 saturated heterocycles. The minimum absolute atomic E-state index is 0.474. The van der Waals surface area contributed by atoms with Crippen LogP contribution < -0.4 is 0 Å². The van der Waals surface area contributed by atoms with Gasteiger partial charge in [0, 0.05) is 18.2 Å². The van der Waals surface area contributed by atoms with Crippen molar-refractivity contribution in [1.29, 1.82) is 0 Å². The summed E-state index contributed by atoms with van der Waals surface area (Å²) < 4.78 is 0. The van der Waals surface area contributed by atoms with Crippen LogP contribution in [0.3, 0.4) is 0 Å². The number of hydrogen-bond donors (Lipinski definition) is 1. The largest absolute Gasteiger partial charge is 0.388 e. The van der Waals surface area contributed by atoms with E-state index in [1.165, 1.54) is 12.8 Å². The number of halogens is 2. The first-order valence-corrected chi connectivity index (χ1v) is 8.12. The predicted molar refractivity (Wildman–Crippen MR) is 85.5 cm³/mol. The number of hydrogen-bond acceptors (Lipinski definition) is 2. The van der Waals surface area contributed by atoms with Crippen molar-refractivity contribution < 1.29 is 5.11 Å². The van der Waals surface area contributed by atoms with E-state index in [9.17, 15) is 5.11 Å². The Kier molecular flexibility index (Phi) is 5.74. The zero-order valence-corrected chi connectivity index (χ0v) is 13.7. The normalized spacial score (nSPS) is 25.6. The molecule has 0 aliphatic carbocycles. The second-order valence-electron chi connectivity index (χ2n) is 5.84. The van der Waals surface area contributed by atoms with Gasteiger partial charge in [0.2, 0.25) is 0 Å². The zero-order chi connectivity index (χ0) is 14.7. The molecular formula is C16H23Cl2NO. The highest BCUT2D eigenvalue weighted by Gasteiger charge is 2.25. The van der Waals surface area contributed by atoms with Crippen LogP contribution in [0.5, 0.6) is 0 Å². The summed E-state index contributed by atoms with van der Waals surface area (Å²) >= 11 is 12.2. The Morgan fingerprint density at radius 2 is 2.10 bits per heavy atom. The van der Waals surface area contributed by atoms with E-state index in [4.69, 9.17) is 23.2 Å². The molecule has 2 rings (SSSR count). The van der Waals surface area contributed by atoms with Crippen molar-refractivity contribution in [2.45, 2.75) is 45.3 Å². The van der Waals surface area contributed by atoms with Crippen LogP contribution in [0.4, 0.5) is 0 Å². The van der Waals surface area contributed by atoms with Gasteiger partial charge in [0.1, 0.15) is 0 Å². The third kappa shape index (κ3) is 3.67. The molecule has 0 amide bonds. The molecule has 3 unspecified atom stereocenters. The quantitative estimate of drug-likeness (QED) is 0.881. The monoisotopic (exact) mass is 315 g/mol. The zero-order valence-electron chi connectivity index (χ0n) is 12.1. The lowest BCUT2D eigenvalue weighted by molar-refractivity contribution is 0.0840. The van der Waals surface area contributed by atoms with E-state index in [1.54, 1.807) is 6.07 Å². The van der Waals surface area contributed by atoms with Gasteiger partial charge >= 0.3 is 0 Å². The number of benzene rings is 1. The number of likely N-dealkylation sites (tertiary alicyclic amines) is 1. The molecule has 20 heavy (non-hydrogen) atoms. The van der Waals surface area contributed by atoms with Gasteiger partial charge in [-0.3, -0.25) is 0 Å². The highest BCUT2D eigenvalue weighted by molar-refractivity contribution is 6.42. The fourth-order valence-corrected chi connectivity index (χ4v) is 3.39. The van der Waals surface area contributed by atoms with E-state index in [1.807, 2.05) is 12.1 Å². The topological polar surface area (TPSA) is 23.5 Å². The van der Waals surface area contributed by atoms with E-state index < -0.39 is 6.10 Å². The van der Waals surface area contributed by atoms with Crippen LogP contribution in [-0.4, -0.2) is 29.1 Å². The molecule has 3 atom stereocenters. The van der Waals surface area contributed by atoms with Crippen LogP contribution in [0.15, 0.2) is 18.2 Å². The van der Waals surface area contributed by atoms with Gasteiger partial charge in [0.05, 0.1) is 16.1 Å². The number of rotatable bonds is 4. The van der Waals surface area contributed by atoms with Gasteiger partial charge in [-0.05, 0) is 44.7 Å². The molecule has 0 bridgehead atoms. The smallest absolute Gasteiger partial charge is 0.0817 e. The van der Waals surface area contributed by atoms with Gasteiger partial charge in [-0.25, -0.2) is 0 Å². The van der Waals surface area contributed by atoms with Gasteiger partial charge in [0.15, 0.2) is 0 Å². The SMILES string of the molecule is CC1CCCN(CCC(O)c2cccc(Cl)c2Cl)C1C. The maximum atomic E-state index is 10.3. The summed E-state index contributed by atoms with van der Waals surface area (Å²) in [6, 6.07) is 6.01. The summed E-state index contributed by atoms with van der Waals surface area (Å²) in [5.74, 6) is 0.732. The molecular weight excluding hydrogens is 293 g/mol. The van der Waals surface area contributed by atoms with Crippen molar-refractivity contribution in [2.75, 3.05) is 13.1 Å².